The molecule has 3 aromatic rings. The number of nitrogens with one attached hydrogen (secondary N) is 2. The molecule has 11 heteroatoms. The van der Waals surface area contributed by atoms with Crippen molar-refractivity contribution in [3.05, 3.63) is 69.8 Å². The van der Waals surface area contributed by atoms with E-state index in [2.05, 4.69) is 45.8 Å². The van der Waals surface area contributed by atoms with Gasteiger partial charge in [-0.15, -0.1) is 23.1 Å². The number of hydrogen-bond donors (Lipinski definition) is 3. The van der Waals surface area contributed by atoms with E-state index in [1.54, 1.807) is 18.0 Å². The molecule has 0 aliphatic heterocycles. The third-order valence-corrected chi connectivity index (χ3v) is 7.93. The number of thiophene rings is 1. The Kier molecular flexibility index (Phi) is 7.99. The number of nitrogens with zero attached hydrogens (tertiary/aromatic N) is 2. The molecule has 4 rings (SSSR count). The zero-order valence-electron chi connectivity index (χ0n) is 18.7. The Balaban J connectivity index is 1.42. The van der Waals surface area contributed by atoms with Crippen molar-refractivity contribution in [3.8, 4) is 0 Å². The molecule has 34 heavy (non-hydrogen) atoms. The minimum absolute atomic E-state index is 0.0946. The van der Waals surface area contributed by atoms with Gasteiger partial charge in [-0.25, -0.2) is 24.1 Å². The molecule has 180 valence electrons. The van der Waals surface area contributed by atoms with E-state index in [1.165, 1.54) is 28.1 Å². The van der Waals surface area contributed by atoms with E-state index >= 15 is 0 Å². The van der Waals surface area contributed by atoms with E-state index in [0.29, 0.717) is 16.3 Å². The summed E-state index contributed by atoms with van der Waals surface area (Å²) in [6.07, 6.45) is 8.28. The summed E-state index contributed by atoms with van der Waals surface area (Å²) < 4.78 is 23.4. The molecule has 3 atom stereocenters. The number of ketones is 1. The maximum Gasteiger partial charge on any atom is 0.225 e. The van der Waals surface area contributed by atoms with Gasteiger partial charge in [-0.1, -0.05) is 12.1 Å². The van der Waals surface area contributed by atoms with Crippen LogP contribution in [0.4, 0.5) is 5.82 Å². The first-order valence-electron chi connectivity index (χ1n) is 10.8. The summed E-state index contributed by atoms with van der Waals surface area (Å²) in [5.74, 6) is 0.558. The zero-order chi connectivity index (χ0) is 24.1. The van der Waals surface area contributed by atoms with Gasteiger partial charge in [-0.05, 0) is 72.6 Å². The van der Waals surface area contributed by atoms with Gasteiger partial charge >= 0.3 is 0 Å². The summed E-state index contributed by atoms with van der Waals surface area (Å²) in [7, 11) is -3.44. The largest absolute Gasteiger partial charge is 0.367 e. The first-order valence-corrected chi connectivity index (χ1v) is 14.5. The highest BCUT2D eigenvalue weighted by molar-refractivity contribution is 7.98. The van der Waals surface area contributed by atoms with Crippen molar-refractivity contribution >= 4 is 44.9 Å². The first-order chi connectivity index (χ1) is 16.3. The van der Waals surface area contributed by atoms with Crippen molar-refractivity contribution in [2.75, 3.05) is 18.2 Å². The van der Waals surface area contributed by atoms with Gasteiger partial charge < -0.3 is 5.32 Å². The van der Waals surface area contributed by atoms with Crippen LogP contribution >= 0.6 is 23.1 Å². The van der Waals surface area contributed by atoms with Gasteiger partial charge in [0.2, 0.25) is 16.0 Å². The van der Waals surface area contributed by atoms with Gasteiger partial charge in [-0.3, -0.25) is 8.98 Å². The smallest absolute Gasteiger partial charge is 0.225 e. The SMILES string of the molecule is CSc1cccc(Cc2csc(C(=O)c3cncnc3N[C@H]3CC[C@@H](COS(=N)(N)=O)C3)c2)c1. The summed E-state index contributed by atoms with van der Waals surface area (Å²) in [5, 5.41) is 10.5. The third kappa shape index (κ3) is 6.63. The Labute approximate surface area is 208 Å². The van der Waals surface area contributed by atoms with Crippen molar-refractivity contribution in [1.82, 2.24) is 9.97 Å². The average molecular weight is 518 g/mol. The highest BCUT2D eigenvalue weighted by Gasteiger charge is 2.27. The van der Waals surface area contributed by atoms with Crippen LogP contribution < -0.4 is 10.5 Å². The maximum absolute atomic E-state index is 13.3. The molecule has 1 aliphatic carbocycles. The van der Waals surface area contributed by atoms with Gasteiger partial charge in [0.1, 0.15) is 12.1 Å². The summed E-state index contributed by atoms with van der Waals surface area (Å²) in [6.45, 7) is 0.185. The second-order valence-electron chi connectivity index (χ2n) is 8.31. The van der Waals surface area contributed by atoms with E-state index in [4.69, 9.17) is 14.1 Å². The van der Waals surface area contributed by atoms with Crippen LogP contribution in [0.25, 0.3) is 0 Å². The fourth-order valence-corrected chi connectivity index (χ4v) is 5.84. The molecule has 0 amide bonds. The Morgan fingerprint density at radius 3 is 3.00 bits per heavy atom. The molecular formula is C23H27N5O3S3. The lowest BCUT2D eigenvalue weighted by Crippen LogP contribution is -2.21. The number of rotatable bonds is 10. The van der Waals surface area contributed by atoms with Crippen LogP contribution in [0.5, 0.6) is 0 Å². The van der Waals surface area contributed by atoms with Crippen LogP contribution in [-0.2, 0) is 20.8 Å². The maximum atomic E-state index is 13.3. The fraction of sp³-hybridized carbons (Fsp3) is 0.348. The van der Waals surface area contributed by atoms with E-state index in [1.807, 2.05) is 11.4 Å². The van der Waals surface area contributed by atoms with Crippen molar-refractivity contribution < 1.29 is 13.2 Å². The van der Waals surface area contributed by atoms with E-state index in [-0.39, 0.29) is 24.3 Å². The molecule has 1 saturated carbocycles. The molecule has 1 unspecified atom stereocenters. The molecule has 0 bridgehead atoms. The van der Waals surface area contributed by atoms with Crippen LogP contribution in [0, 0.1) is 10.7 Å². The lowest BCUT2D eigenvalue weighted by molar-refractivity contribution is 0.104. The standard InChI is InChI=1S/C23H27N5O3S3/c1-32-19-4-2-3-15(9-19)7-17-10-21(33-13-17)22(29)20-11-26-14-27-23(20)28-18-6-5-16(8-18)12-31-34(24,25)30/h2-4,9-11,13-14,16,18H,5-8,12H2,1H3,(H3,24,25,30)(H,26,27,28)/t16-,18+/m1/s1. The molecule has 1 aliphatic rings. The van der Waals surface area contributed by atoms with Gasteiger partial charge in [0.15, 0.2) is 0 Å². The normalized spacial score (nSPS) is 19.6. The predicted molar refractivity (Wildman–Crippen MR) is 137 cm³/mol. The van der Waals surface area contributed by atoms with Gasteiger partial charge in [0, 0.05) is 17.1 Å². The van der Waals surface area contributed by atoms with Crippen LogP contribution in [0.1, 0.15) is 45.6 Å². The fourth-order valence-electron chi connectivity index (χ4n) is 4.10. The zero-order valence-corrected chi connectivity index (χ0v) is 21.2. The molecule has 1 fully saturated rings. The minimum Gasteiger partial charge on any atom is -0.367 e. The molecule has 4 N–H and O–H groups in total. The summed E-state index contributed by atoms with van der Waals surface area (Å²) in [5.41, 5.74) is 2.75. The Morgan fingerprint density at radius 1 is 1.35 bits per heavy atom. The van der Waals surface area contributed by atoms with E-state index in [0.717, 1.165) is 31.2 Å². The van der Waals surface area contributed by atoms with Gasteiger partial charge in [-0.2, -0.15) is 0 Å². The van der Waals surface area contributed by atoms with Crippen LogP contribution in [0.2, 0.25) is 0 Å². The van der Waals surface area contributed by atoms with Gasteiger partial charge in [0.05, 0.1) is 17.0 Å². The molecule has 0 saturated heterocycles. The van der Waals surface area contributed by atoms with Crippen LogP contribution in [-0.4, -0.2) is 38.9 Å². The lowest BCUT2D eigenvalue weighted by atomic mass is 10.1. The predicted octanol–water partition coefficient (Wildman–Crippen LogP) is 4.51. The topological polar surface area (TPSA) is 131 Å². The van der Waals surface area contributed by atoms with Crippen molar-refractivity contribution in [2.45, 2.75) is 36.6 Å². The number of benzene rings is 1. The highest BCUT2D eigenvalue weighted by atomic mass is 32.2. The monoisotopic (exact) mass is 517 g/mol. The van der Waals surface area contributed by atoms with Crippen LogP contribution in [0.15, 0.2) is 53.1 Å². The number of carbonyl (C=O) groups is 1. The molecule has 2 aromatic heterocycles. The van der Waals surface area contributed by atoms with E-state index < -0.39 is 10.2 Å². The lowest BCUT2D eigenvalue weighted by Gasteiger charge is -2.16. The van der Waals surface area contributed by atoms with Crippen molar-refractivity contribution in [2.24, 2.45) is 11.1 Å². The van der Waals surface area contributed by atoms with Crippen molar-refractivity contribution in [1.29, 1.82) is 4.78 Å². The summed E-state index contributed by atoms with van der Waals surface area (Å²) >= 11 is 3.14. The molecule has 0 radical (unpaired) electrons. The third-order valence-electron chi connectivity index (χ3n) is 5.74. The number of nitrogens with two attached hydrogens (primary N) is 1. The first kappa shape index (κ1) is 24.8. The number of thioether (sulfide) groups is 1. The summed E-state index contributed by atoms with van der Waals surface area (Å²) in [4.78, 5) is 23.6. The summed E-state index contributed by atoms with van der Waals surface area (Å²) in [6, 6.07) is 10.5. The number of aromatic nitrogens is 2. The average Bonchev–Trinajstić information content (AvgIpc) is 3.47. The molecule has 1 aromatic carbocycles. The molecule has 8 nitrogen and oxygen atoms in total. The Morgan fingerprint density at radius 2 is 2.21 bits per heavy atom. The second-order valence-corrected chi connectivity index (χ2v) is 11.4. The molecular weight excluding hydrogens is 490 g/mol. The Hall–Kier alpha value is -2.31. The van der Waals surface area contributed by atoms with Crippen LogP contribution in [0.3, 0.4) is 0 Å². The Bertz CT molecular complexity index is 1260. The minimum atomic E-state index is -3.44. The highest BCUT2D eigenvalue weighted by Crippen LogP contribution is 2.30. The number of hydrogen-bond acceptors (Lipinski definition) is 9. The number of carbonyl (C=O) groups excluding carboxylic acids is 1. The van der Waals surface area contributed by atoms with Gasteiger partial charge in [0.25, 0.3) is 0 Å². The van der Waals surface area contributed by atoms with Crippen molar-refractivity contribution in [3.63, 3.8) is 0 Å². The quantitative estimate of drug-likeness (QED) is 0.266. The second kappa shape index (κ2) is 11.0. The number of anilines is 1. The molecule has 0 spiro atoms. The van der Waals surface area contributed by atoms with E-state index in [9.17, 15) is 9.00 Å². The molecule has 2 heterocycles.